The Bertz CT molecular complexity index is 148. The van der Waals surface area contributed by atoms with E-state index < -0.39 is 0 Å². The van der Waals surface area contributed by atoms with Gasteiger partial charge in [-0.2, -0.15) is 0 Å². The van der Waals surface area contributed by atoms with Gasteiger partial charge in [-0.25, -0.2) is 0 Å². The molecule has 0 aromatic rings. The summed E-state index contributed by atoms with van der Waals surface area (Å²) in [4.78, 5) is 0. The van der Waals surface area contributed by atoms with Gasteiger partial charge in [0.15, 0.2) is 0 Å². The molecule has 0 heterocycles. The van der Waals surface area contributed by atoms with Crippen LogP contribution in [0.3, 0.4) is 0 Å². The van der Waals surface area contributed by atoms with Gasteiger partial charge < -0.3 is 5.73 Å². The third kappa shape index (κ3) is 1.77. The van der Waals surface area contributed by atoms with Crippen molar-refractivity contribution in [3.63, 3.8) is 0 Å². The van der Waals surface area contributed by atoms with Gasteiger partial charge in [0.25, 0.3) is 0 Å². The maximum absolute atomic E-state index is 6.36. The smallest absolute Gasteiger partial charge is 0.0292 e. The fourth-order valence-corrected chi connectivity index (χ4v) is 2.26. The van der Waals surface area contributed by atoms with Crippen LogP contribution in [-0.2, 0) is 0 Å². The molecule has 72 valence electrons. The first kappa shape index (κ1) is 10.3. The first-order chi connectivity index (χ1) is 5.52. The van der Waals surface area contributed by atoms with E-state index in [0.29, 0.717) is 5.88 Å². The number of nitrogens with two attached hydrogens (primary N) is 1. The van der Waals surface area contributed by atoms with Gasteiger partial charge in [-0.3, -0.25) is 0 Å². The van der Waals surface area contributed by atoms with Crippen LogP contribution in [0.4, 0.5) is 0 Å². The normalized spacial score (nSPS) is 24.0. The average Bonchev–Trinajstić information content (AvgIpc) is 2.06. The van der Waals surface area contributed by atoms with Gasteiger partial charge in [-0.1, -0.05) is 33.1 Å². The highest BCUT2D eigenvalue weighted by Gasteiger charge is 2.41. The molecule has 0 spiro atoms. The zero-order chi connectivity index (χ0) is 9.24. The molecule has 0 unspecified atom stereocenters. The van der Waals surface area contributed by atoms with Gasteiger partial charge in [0.1, 0.15) is 0 Å². The number of alkyl halides is 1. The van der Waals surface area contributed by atoms with Crippen LogP contribution in [0, 0.1) is 5.41 Å². The predicted molar refractivity (Wildman–Crippen MR) is 54.5 cm³/mol. The van der Waals surface area contributed by atoms with E-state index in [1.54, 1.807) is 0 Å². The van der Waals surface area contributed by atoms with Crippen LogP contribution in [0.1, 0.15) is 46.0 Å². The Morgan fingerprint density at radius 1 is 1.25 bits per heavy atom. The summed E-state index contributed by atoms with van der Waals surface area (Å²) in [7, 11) is 0. The summed E-state index contributed by atoms with van der Waals surface area (Å²) >= 11 is 5.94. The van der Waals surface area contributed by atoms with E-state index in [-0.39, 0.29) is 11.0 Å². The molecule has 0 aliphatic heterocycles. The largest absolute Gasteiger partial charge is 0.325 e. The van der Waals surface area contributed by atoms with Crippen molar-refractivity contribution in [2.75, 3.05) is 5.88 Å². The average molecular weight is 190 g/mol. The molecule has 0 aromatic heterocycles. The second-order valence-corrected chi connectivity index (χ2v) is 5.00. The molecule has 0 radical (unpaired) electrons. The molecular formula is C10H20ClN. The molecular weight excluding hydrogens is 170 g/mol. The van der Waals surface area contributed by atoms with E-state index in [1.165, 1.54) is 19.3 Å². The molecule has 1 fully saturated rings. The number of halogens is 1. The van der Waals surface area contributed by atoms with E-state index in [0.717, 1.165) is 12.8 Å². The van der Waals surface area contributed by atoms with E-state index >= 15 is 0 Å². The van der Waals surface area contributed by atoms with Crippen molar-refractivity contribution in [1.29, 1.82) is 0 Å². The lowest BCUT2D eigenvalue weighted by atomic mass is 9.66. The maximum Gasteiger partial charge on any atom is 0.0292 e. The molecule has 1 aliphatic rings. The summed E-state index contributed by atoms with van der Waals surface area (Å²) in [6.45, 7) is 4.37. The van der Waals surface area contributed by atoms with Crippen LogP contribution in [0.15, 0.2) is 0 Å². The van der Waals surface area contributed by atoms with Crippen molar-refractivity contribution in [1.82, 2.24) is 0 Å². The molecule has 1 aliphatic carbocycles. The second-order valence-electron chi connectivity index (χ2n) is 4.73. The quantitative estimate of drug-likeness (QED) is 0.665. The monoisotopic (exact) mass is 189 g/mol. The molecule has 0 aromatic carbocycles. The Morgan fingerprint density at radius 2 is 1.75 bits per heavy atom. The van der Waals surface area contributed by atoms with Crippen LogP contribution >= 0.6 is 11.6 Å². The third-order valence-electron chi connectivity index (χ3n) is 3.43. The van der Waals surface area contributed by atoms with Crippen LogP contribution < -0.4 is 5.73 Å². The summed E-state index contributed by atoms with van der Waals surface area (Å²) in [5.74, 6) is 0.670. The predicted octanol–water partition coefficient (Wildman–Crippen LogP) is 2.91. The first-order valence-electron chi connectivity index (χ1n) is 4.87. The molecule has 1 saturated carbocycles. The lowest BCUT2D eigenvalue weighted by Crippen LogP contribution is -2.54. The molecule has 0 amide bonds. The van der Waals surface area contributed by atoms with Crippen molar-refractivity contribution in [3.8, 4) is 0 Å². The Hall–Kier alpha value is 0.250. The van der Waals surface area contributed by atoms with Crippen molar-refractivity contribution in [2.45, 2.75) is 51.5 Å². The third-order valence-corrected chi connectivity index (χ3v) is 4.10. The summed E-state index contributed by atoms with van der Waals surface area (Å²) in [5.41, 5.74) is 6.45. The molecule has 0 bridgehead atoms. The highest BCUT2D eigenvalue weighted by Crippen LogP contribution is 2.40. The van der Waals surface area contributed by atoms with Gasteiger partial charge in [0, 0.05) is 11.4 Å². The first-order valence-corrected chi connectivity index (χ1v) is 5.40. The van der Waals surface area contributed by atoms with Crippen LogP contribution in [0.5, 0.6) is 0 Å². The SMILES string of the molecule is CC(C)(CCl)C1(N)CCCCC1. The van der Waals surface area contributed by atoms with Gasteiger partial charge in [0.2, 0.25) is 0 Å². The van der Waals surface area contributed by atoms with E-state index in [1.807, 2.05) is 0 Å². The van der Waals surface area contributed by atoms with E-state index in [4.69, 9.17) is 17.3 Å². The standard InChI is InChI=1S/C10H20ClN/c1-9(2,8-11)10(12)6-4-3-5-7-10/h3-8,12H2,1-2H3. The zero-order valence-electron chi connectivity index (χ0n) is 8.20. The molecule has 1 rings (SSSR count). The Morgan fingerprint density at radius 3 is 2.17 bits per heavy atom. The van der Waals surface area contributed by atoms with Gasteiger partial charge in [-0.05, 0) is 18.3 Å². The maximum atomic E-state index is 6.36. The van der Waals surface area contributed by atoms with Crippen molar-refractivity contribution in [3.05, 3.63) is 0 Å². The minimum absolute atomic E-state index is 0.00694. The van der Waals surface area contributed by atoms with Crippen molar-refractivity contribution >= 4 is 11.6 Å². The molecule has 1 nitrogen and oxygen atoms in total. The van der Waals surface area contributed by atoms with Gasteiger partial charge in [0.05, 0.1) is 0 Å². The highest BCUT2D eigenvalue weighted by atomic mass is 35.5. The summed E-state index contributed by atoms with van der Waals surface area (Å²) in [6.07, 6.45) is 6.18. The Labute approximate surface area is 80.7 Å². The fraction of sp³-hybridized carbons (Fsp3) is 1.00. The van der Waals surface area contributed by atoms with Crippen LogP contribution in [-0.4, -0.2) is 11.4 Å². The molecule has 12 heavy (non-hydrogen) atoms. The summed E-state index contributed by atoms with van der Waals surface area (Å²) < 4.78 is 0. The van der Waals surface area contributed by atoms with E-state index in [2.05, 4.69) is 13.8 Å². The van der Waals surface area contributed by atoms with Crippen LogP contribution in [0.25, 0.3) is 0 Å². The second kappa shape index (κ2) is 3.55. The minimum atomic E-state index is -0.00694. The zero-order valence-corrected chi connectivity index (χ0v) is 8.95. The number of hydrogen-bond donors (Lipinski definition) is 1. The fourth-order valence-electron chi connectivity index (χ4n) is 1.99. The Kier molecular flexibility index (Phi) is 3.06. The molecule has 2 heteroatoms. The highest BCUT2D eigenvalue weighted by molar-refractivity contribution is 6.18. The number of rotatable bonds is 2. The van der Waals surface area contributed by atoms with Gasteiger partial charge in [-0.15, -0.1) is 11.6 Å². The van der Waals surface area contributed by atoms with Crippen molar-refractivity contribution in [2.24, 2.45) is 11.1 Å². The van der Waals surface area contributed by atoms with Gasteiger partial charge >= 0.3 is 0 Å². The minimum Gasteiger partial charge on any atom is -0.325 e. The van der Waals surface area contributed by atoms with Crippen molar-refractivity contribution < 1.29 is 0 Å². The summed E-state index contributed by atoms with van der Waals surface area (Å²) in [6, 6.07) is 0. The molecule has 0 saturated heterocycles. The lowest BCUT2D eigenvalue weighted by Gasteiger charge is -2.45. The lowest BCUT2D eigenvalue weighted by molar-refractivity contribution is 0.136. The summed E-state index contributed by atoms with van der Waals surface area (Å²) in [5, 5.41) is 0. The number of hydrogen-bond acceptors (Lipinski definition) is 1. The topological polar surface area (TPSA) is 26.0 Å². The van der Waals surface area contributed by atoms with E-state index in [9.17, 15) is 0 Å². The molecule has 0 atom stereocenters. The molecule has 2 N–H and O–H groups in total. The van der Waals surface area contributed by atoms with Crippen LogP contribution in [0.2, 0.25) is 0 Å². The Balaban J connectivity index is 2.68.